The Kier molecular flexibility index (Phi) is 3.17. The molecule has 1 aromatic rings. The third-order valence-corrected chi connectivity index (χ3v) is 1.55. The van der Waals surface area contributed by atoms with E-state index in [2.05, 4.69) is 29.1 Å². The van der Waals surface area contributed by atoms with Crippen LogP contribution in [0, 0.1) is 6.92 Å². The van der Waals surface area contributed by atoms with Crippen LogP contribution in [0.25, 0.3) is 0 Å². The third-order valence-electron chi connectivity index (χ3n) is 1.55. The predicted octanol–water partition coefficient (Wildman–Crippen LogP) is 1.28. The number of hydrogen-bond donors (Lipinski definition) is 1. The number of aryl methyl sites for hydroxylation is 1. The van der Waals surface area contributed by atoms with Crippen molar-refractivity contribution in [1.82, 2.24) is 15.3 Å². The molecule has 0 saturated heterocycles. The molecule has 0 bridgehead atoms. The van der Waals surface area contributed by atoms with Gasteiger partial charge in [0.2, 0.25) is 0 Å². The Morgan fingerprint density at radius 3 is 2.42 bits per heavy atom. The first kappa shape index (κ1) is 9.13. The zero-order valence-corrected chi connectivity index (χ0v) is 7.83. The Morgan fingerprint density at radius 1 is 1.33 bits per heavy atom. The van der Waals surface area contributed by atoms with E-state index >= 15 is 0 Å². The maximum Gasteiger partial charge on any atom is 0.125 e. The molecule has 0 aliphatic heterocycles. The second-order valence-corrected chi connectivity index (χ2v) is 3.17. The molecule has 0 saturated carbocycles. The molecule has 0 aromatic carbocycles. The van der Waals surface area contributed by atoms with E-state index in [0.717, 1.165) is 17.9 Å². The van der Waals surface area contributed by atoms with Crippen LogP contribution in [0.5, 0.6) is 0 Å². The molecule has 3 heteroatoms. The van der Waals surface area contributed by atoms with Crippen molar-refractivity contribution in [3.63, 3.8) is 0 Å². The maximum absolute atomic E-state index is 4.11. The summed E-state index contributed by atoms with van der Waals surface area (Å²) in [7, 11) is 0. The van der Waals surface area contributed by atoms with Gasteiger partial charge in [0.25, 0.3) is 0 Å². The summed E-state index contributed by atoms with van der Waals surface area (Å²) in [5.41, 5.74) is 1.13. The van der Waals surface area contributed by atoms with Crippen LogP contribution in [0.4, 0.5) is 0 Å². The molecule has 0 radical (unpaired) electrons. The topological polar surface area (TPSA) is 37.8 Å². The number of rotatable bonds is 3. The summed E-state index contributed by atoms with van der Waals surface area (Å²) in [4.78, 5) is 8.21. The normalized spacial score (nSPS) is 10.7. The average Bonchev–Trinajstić information content (AvgIpc) is 2.03. The molecule has 12 heavy (non-hydrogen) atoms. The zero-order valence-electron chi connectivity index (χ0n) is 7.83. The summed E-state index contributed by atoms with van der Waals surface area (Å²) >= 11 is 0. The van der Waals surface area contributed by atoms with E-state index in [9.17, 15) is 0 Å². The Morgan fingerprint density at radius 2 is 1.92 bits per heavy atom. The molecule has 66 valence electrons. The highest BCUT2D eigenvalue weighted by atomic mass is 14.9. The van der Waals surface area contributed by atoms with Crippen molar-refractivity contribution in [3.05, 3.63) is 23.8 Å². The molecule has 0 atom stereocenters. The zero-order chi connectivity index (χ0) is 8.97. The first-order chi connectivity index (χ1) is 5.68. The van der Waals surface area contributed by atoms with Gasteiger partial charge in [0, 0.05) is 30.5 Å². The van der Waals surface area contributed by atoms with E-state index < -0.39 is 0 Å². The highest BCUT2D eigenvalue weighted by Gasteiger charge is 1.95. The van der Waals surface area contributed by atoms with Gasteiger partial charge in [-0.1, -0.05) is 13.8 Å². The third kappa shape index (κ3) is 2.96. The molecule has 3 nitrogen and oxygen atoms in total. The van der Waals surface area contributed by atoms with Crippen molar-refractivity contribution in [2.45, 2.75) is 33.4 Å². The lowest BCUT2D eigenvalue weighted by Crippen LogP contribution is -2.21. The van der Waals surface area contributed by atoms with E-state index in [-0.39, 0.29) is 0 Å². The Bertz CT molecular complexity index is 228. The summed E-state index contributed by atoms with van der Waals surface area (Å²) in [5, 5.41) is 3.30. The van der Waals surface area contributed by atoms with E-state index in [1.165, 1.54) is 0 Å². The standard InChI is InChI=1S/C9H15N3/c1-7(2)10-4-9-5-11-8(3)12-6-9/h5-7,10H,4H2,1-3H3. The van der Waals surface area contributed by atoms with Gasteiger partial charge in [0.15, 0.2) is 0 Å². The number of hydrogen-bond acceptors (Lipinski definition) is 3. The molecule has 0 spiro atoms. The molecule has 0 fully saturated rings. The summed E-state index contributed by atoms with van der Waals surface area (Å²) < 4.78 is 0. The van der Waals surface area contributed by atoms with Crippen LogP contribution >= 0.6 is 0 Å². The molecule has 0 aliphatic rings. The van der Waals surface area contributed by atoms with Crippen LogP contribution in [-0.4, -0.2) is 16.0 Å². The molecular formula is C9H15N3. The van der Waals surface area contributed by atoms with Crippen molar-refractivity contribution in [2.75, 3.05) is 0 Å². The Hall–Kier alpha value is -0.960. The van der Waals surface area contributed by atoms with Gasteiger partial charge in [-0.25, -0.2) is 9.97 Å². The van der Waals surface area contributed by atoms with E-state index in [4.69, 9.17) is 0 Å². The highest BCUT2D eigenvalue weighted by molar-refractivity contribution is 5.04. The van der Waals surface area contributed by atoms with Gasteiger partial charge < -0.3 is 5.32 Å². The summed E-state index contributed by atoms with van der Waals surface area (Å²) in [6, 6.07) is 0.506. The van der Waals surface area contributed by atoms with Crippen molar-refractivity contribution in [3.8, 4) is 0 Å². The molecule has 1 rings (SSSR count). The summed E-state index contributed by atoms with van der Waals surface area (Å²) in [6.45, 7) is 6.97. The molecular weight excluding hydrogens is 150 g/mol. The second kappa shape index (κ2) is 4.16. The fraction of sp³-hybridized carbons (Fsp3) is 0.556. The molecule has 0 unspecified atom stereocenters. The lowest BCUT2D eigenvalue weighted by atomic mass is 10.3. The van der Waals surface area contributed by atoms with Gasteiger partial charge in [0.05, 0.1) is 0 Å². The van der Waals surface area contributed by atoms with Gasteiger partial charge >= 0.3 is 0 Å². The van der Waals surface area contributed by atoms with E-state index in [1.807, 2.05) is 19.3 Å². The Balaban J connectivity index is 2.48. The predicted molar refractivity (Wildman–Crippen MR) is 48.7 cm³/mol. The molecule has 1 N–H and O–H groups in total. The van der Waals surface area contributed by atoms with Crippen molar-refractivity contribution >= 4 is 0 Å². The van der Waals surface area contributed by atoms with Crippen molar-refractivity contribution < 1.29 is 0 Å². The first-order valence-electron chi connectivity index (χ1n) is 4.19. The monoisotopic (exact) mass is 165 g/mol. The fourth-order valence-corrected chi connectivity index (χ4v) is 0.833. The summed E-state index contributed by atoms with van der Waals surface area (Å²) in [5.74, 6) is 0.822. The van der Waals surface area contributed by atoms with Gasteiger partial charge in [-0.05, 0) is 6.92 Å². The minimum Gasteiger partial charge on any atom is -0.310 e. The lowest BCUT2D eigenvalue weighted by molar-refractivity contribution is 0.586. The molecule has 0 amide bonds. The second-order valence-electron chi connectivity index (χ2n) is 3.17. The minimum absolute atomic E-state index is 0.506. The molecule has 0 aliphatic carbocycles. The van der Waals surface area contributed by atoms with Crippen molar-refractivity contribution in [1.29, 1.82) is 0 Å². The van der Waals surface area contributed by atoms with Crippen LogP contribution in [0.3, 0.4) is 0 Å². The van der Waals surface area contributed by atoms with Crippen LogP contribution in [0.15, 0.2) is 12.4 Å². The minimum atomic E-state index is 0.506. The lowest BCUT2D eigenvalue weighted by Gasteiger charge is -2.06. The number of nitrogens with zero attached hydrogens (tertiary/aromatic N) is 2. The van der Waals surface area contributed by atoms with Crippen molar-refractivity contribution in [2.24, 2.45) is 0 Å². The van der Waals surface area contributed by atoms with Crippen LogP contribution in [0.2, 0.25) is 0 Å². The van der Waals surface area contributed by atoms with E-state index in [0.29, 0.717) is 6.04 Å². The SMILES string of the molecule is Cc1ncc(CNC(C)C)cn1. The molecule has 1 heterocycles. The average molecular weight is 165 g/mol. The van der Waals surface area contributed by atoms with Gasteiger partial charge in [-0.2, -0.15) is 0 Å². The van der Waals surface area contributed by atoms with Gasteiger partial charge in [0.1, 0.15) is 5.82 Å². The summed E-state index contributed by atoms with van der Waals surface area (Å²) in [6.07, 6.45) is 3.72. The quantitative estimate of drug-likeness (QED) is 0.733. The fourth-order valence-electron chi connectivity index (χ4n) is 0.833. The smallest absolute Gasteiger partial charge is 0.125 e. The number of aromatic nitrogens is 2. The van der Waals surface area contributed by atoms with Crippen LogP contribution in [0.1, 0.15) is 25.2 Å². The largest absolute Gasteiger partial charge is 0.310 e. The van der Waals surface area contributed by atoms with Gasteiger partial charge in [-0.15, -0.1) is 0 Å². The van der Waals surface area contributed by atoms with E-state index in [1.54, 1.807) is 0 Å². The van der Waals surface area contributed by atoms with Crippen LogP contribution < -0.4 is 5.32 Å². The first-order valence-corrected chi connectivity index (χ1v) is 4.19. The van der Waals surface area contributed by atoms with Crippen LogP contribution in [-0.2, 0) is 6.54 Å². The van der Waals surface area contributed by atoms with Gasteiger partial charge in [-0.3, -0.25) is 0 Å². The maximum atomic E-state index is 4.11. The Labute approximate surface area is 73.2 Å². The number of nitrogens with one attached hydrogen (secondary N) is 1. The molecule has 1 aromatic heterocycles. The highest BCUT2D eigenvalue weighted by Crippen LogP contribution is 1.95.